The smallest absolute Gasteiger partial charge is 0.337 e. The summed E-state index contributed by atoms with van der Waals surface area (Å²) in [6.07, 6.45) is 0. The van der Waals surface area contributed by atoms with Gasteiger partial charge in [0.2, 0.25) is 0 Å². The van der Waals surface area contributed by atoms with Gasteiger partial charge in [-0.05, 0) is 29.8 Å². The molecule has 5 nitrogen and oxygen atoms in total. The summed E-state index contributed by atoms with van der Waals surface area (Å²) in [6, 6.07) is 15.3. The first-order valence-corrected chi connectivity index (χ1v) is 6.70. The summed E-state index contributed by atoms with van der Waals surface area (Å²) in [5.74, 6) is -1.63. The number of rotatable bonds is 6. The first-order chi connectivity index (χ1) is 10.6. The Kier molecular flexibility index (Phi) is 5.14. The van der Waals surface area contributed by atoms with Crippen molar-refractivity contribution >= 4 is 11.9 Å². The van der Waals surface area contributed by atoms with Crippen LogP contribution < -0.4 is 4.74 Å². The zero-order valence-corrected chi connectivity index (χ0v) is 12.1. The normalized spacial score (nSPS) is 11.5. The molecule has 0 aromatic heterocycles. The molecule has 114 valence electrons. The Morgan fingerprint density at radius 3 is 2.23 bits per heavy atom. The molecule has 2 rings (SSSR count). The highest BCUT2D eigenvalue weighted by Crippen LogP contribution is 2.19. The molecule has 0 aliphatic rings. The number of carboxylic acid groups (broad SMARTS) is 1. The standard InChI is InChI=1S/C17H16O5/c1-21-17(20)13-7-9-14(10-8-13)22-11-15(16(18)19)12-5-3-2-4-6-12/h2-10,15H,11H2,1H3,(H,18,19). The molecule has 2 aromatic carbocycles. The summed E-state index contributed by atoms with van der Waals surface area (Å²) >= 11 is 0. The van der Waals surface area contributed by atoms with Gasteiger partial charge in [-0.15, -0.1) is 0 Å². The van der Waals surface area contributed by atoms with E-state index in [4.69, 9.17) is 4.74 Å². The third kappa shape index (κ3) is 3.85. The van der Waals surface area contributed by atoms with Crippen LogP contribution in [-0.4, -0.2) is 30.8 Å². The zero-order valence-electron chi connectivity index (χ0n) is 12.1. The maximum Gasteiger partial charge on any atom is 0.337 e. The lowest BCUT2D eigenvalue weighted by atomic mass is 10.0. The van der Waals surface area contributed by atoms with Gasteiger partial charge in [-0.25, -0.2) is 4.79 Å². The molecule has 0 aliphatic carbocycles. The predicted octanol–water partition coefficient (Wildman–Crippen LogP) is 2.72. The number of benzene rings is 2. The minimum Gasteiger partial charge on any atom is -0.492 e. The summed E-state index contributed by atoms with van der Waals surface area (Å²) in [5.41, 5.74) is 1.09. The van der Waals surface area contributed by atoms with Crippen LogP contribution in [0.3, 0.4) is 0 Å². The minimum atomic E-state index is -0.947. The third-order valence-corrected chi connectivity index (χ3v) is 3.19. The van der Waals surface area contributed by atoms with Crippen molar-refractivity contribution in [1.29, 1.82) is 0 Å². The van der Waals surface area contributed by atoms with Gasteiger partial charge in [0.25, 0.3) is 0 Å². The lowest BCUT2D eigenvalue weighted by molar-refractivity contribution is -0.139. The molecule has 0 bridgehead atoms. The summed E-state index contributed by atoms with van der Waals surface area (Å²) < 4.78 is 10.1. The van der Waals surface area contributed by atoms with E-state index in [1.807, 2.05) is 6.07 Å². The Hall–Kier alpha value is -2.82. The monoisotopic (exact) mass is 300 g/mol. The van der Waals surface area contributed by atoms with Crippen molar-refractivity contribution in [2.24, 2.45) is 0 Å². The van der Waals surface area contributed by atoms with Crippen molar-refractivity contribution in [1.82, 2.24) is 0 Å². The lowest BCUT2D eigenvalue weighted by Gasteiger charge is -2.14. The molecule has 0 saturated carbocycles. The Bertz CT molecular complexity index is 634. The Morgan fingerprint density at radius 1 is 1.05 bits per heavy atom. The zero-order chi connectivity index (χ0) is 15.9. The Morgan fingerprint density at radius 2 is 1.68 bits per heavy atom. The van der Waals surface area contributed by atoms with Crippen LogP contribution in [0, 0.1) is 0 Å². The fraction of sp³-hybridized carbons (Fsp3) is 0.176. The SMILES string of the molecule is COC(=O)c1ccc(OCC(C(=O)O)c2ccccc2)cc1. The fourth-order valence-electron chi connectivity index (χ4n) is 1.98. The molecule has 0 fully saturated rings. The quantitative estimate of drug-likeness (QED) is 0.830. The number of ether oxygens (including phenoxy) is 2. The number of carbonyl (C=O) groups is 2. The van der Waals surface area contributed by atoms with Crippen LogP contribution in [0.15, 0.2) is 54.6 Å². The highest BCUT2D eigenvalue weighted by molar-refractivity contribution is 5.89. The van der Waals surface area contributed by atoms with Crippen molar-refractivity contribution in [2.75, 3.05) is 13.7 Å². The molecular formula is C17H16O5. The van der Waals surface area contributed by atoms with E-state index in [-0.39, 0.29) is 6.61 Å². The largest absolute Gasteiger partial charge is 0.492 e. The summed E-state index contributed by atoms with van der Waals surface area (Å²) in [6.45, 7) is 0.0108. The van der Waals surface area contributed by atoms with Gasteiger partial charge in [0.1, 0.15) is 18.3 Å². The van der Waals surface area contributed by atoms with Crippen LogP contribution in [0.25, 0.3) is 0 Å². The van der Waals surface area contributed by atoms with Gasteiger partial charge in [0.05, 0.1) is 12.7 Å². The molecule has 22 heavy (non-hydrogen) atoms. The van der Waals surface area contributed by atoms with Crippen molar-refractivity contribution in [3.63, 3.8) is 0 Å². The molecule has 0 spiro atoms. The fourth-order valence-corrected chi connectivity index (χ4v) is 1.98. The molecule has 1 atom stereocenters. The molecule has 2 aromatic rings. The van der Waals surface area contributed by atoms with E-state index < -0.39 is 17.9 Å². The molecular weight excluding hydrogens is 284 g/mol. The van der Waals surface area contributed by atoms with Crippen molar-refractivity contribution in [3.8, 4) is 5.75 Å². The number of esters is 1. The van der Waals surface area contributed by atoms with Gasteiger partial charge in [0, 0.05) is 0 Å². The van der Waals surface area contributed by atoms with Gasteiger partial charge in [-0.2, -0.15) is 0 Å². The van der Waals surface area contributed by atoms with Crippen LogP contribution in [0.2, 0.25) is 0 Å². The molecule has 0 radical (unpaired) electrons. The molecule has 0 aliphatic heterocycles. The van der Waals surface area contributed by atoms with Crippen LogP contribution in [0.4, 0.5) is 0 Å². The second-order valence-electron chi connectivity index (χ2n) is 4.63. The number of carboxylic acids is 1. The van der Waals surface area contributed by atoms with Crippen molar-refractivity contribution in [3.05, 3.63) is 65.7 Å². The first kappa shape index (κ1) is 15.6. The van der Waals surface area contributed by atoms with Crippen LogP contribution in [0.5, 0.6) is 5.75 Å². The highest BCUT2D eigenvalue weighted by Gasteiger charge is 2.20. The van der Waals surface area contributed by atoms with E-state index in [1.54, 1.807) is 48.5 Å². The van der Waals surface area contributed by atoms with Crippen LogP contribution >= 0.6 is 0 Å². The average molecular weight is 300 g/mol. The number of aliphatic carboxylic acids is 1. The summed E-state index contributed by atoms with van der Waals surface area (Å²) in [4.78, 5) is 22.7. The topological polar surface area (TPSA) is 72.8 Å². The van der Waals surface area contributed by atoms with E-state index in [2.05, 4.69) is 4.74 Å². The maximum atomic E-state index is 11.4. The Balaban J connectivity index is 2.04. The predicted molar refractivity (Wildman–Crippen MR) is 80.1 cm³/mol. The van der Waals surface area contributed by atoms with Gasteiger partial charge in [-0.3, -0.25) is 4.79 Å². The summed E-state index contributed by atoms with van der Waals surface area (Å²) in [5, 5.41) is 9.31. The molecule has 0 amide bonds. The molecule has 1 N–H and O–H groups in total. The van der Waals surface area contributed by atoms with Gasteiger partial charge in [-0.1, -0.05) is 30.3 Å². The molecule has 0 heterocycles. The molecule has 5 heteroatoms. The maximum absolute atomic E-state index is 11.4. The average Bonchev–Trinajstić information content (AvgIpc) is 2.55. The Labute approximate surface area is 128 Å². The second-order valence-corrected chi connectivity index (χ2v) is 4.63. The summed E-state index contributed by atoms with van der Waals surface area (Å²) in [7, 11) is 1.31. The number of methoxy groups -OCH3 is 1. The van der Waals surface area contributed by atoms with E-state index in [0.29, 0.717) is 16.9 Å². The van der Waals surface area contributed by atoms with Crippen molar-refractivity contribution in [2.45, 2.75) is 5.92 Å². The molecule has 1 unspecified atom stereocenters. The van der Waals surface area contributed by atoms with E-state index in [9.17, 15) is 14.7 Å². The minimum absolute atomic E-state index is 0.0108. The highest BCUT2D eigenvalue weighted by atomic mass is 16.5. The van der Waals surface area contributed by atoms with Gasteiger partial charge < -0.3 is 14.6 Å². The van der Waals surface area contributed by atoms with Gasteiger partial charge >= 0.3 is 11.9 Å². The number of carbonyl (C=O) groups excluding carboxylic acids is 1. The van der Waals surface area contributed by atoms with Crippen LogP contribution in [0.1, 0.15) is 21.8 Å². The van der Waals surface area contributed by atoms with Crippen molar-refractivity contribution < 1.29 is 24.2 Å². The molecule has 0 saturated heterocycles. The van der Waals surface area contributed by atoms with E-state index >= 15 is 0 Å². The number of hydrogen-bond acceptors (Lipinski definition) is 4. The van der Waals surface area contributed by atoms with E-state index in [1.165, 1.54) is 7.11 Å². The van der Waals surface area contributed by atoms with Crippen LogP contribution in [-0.2, 0) is 9.53 Å². The van der Waals surface area contributed by atoms with Gasteiger partial charge in [0.15, 0.2) is 0 Å². The lowest BCUT2D eigenvalue weighted by Crippen LogP contribution is -2.19. The first-order valence-electron chi connectivity index (χ1n) is 6.70. The van der Waals surface area contributed by atoms with E-state index in [0.717, 1.165) is 0 Å². The second kappa shape index (κ2) is 7.26. The number of hydrogen-bond donors (Lipinski definition) is 1. The third-order valence-electron chi connectivity index (χ3n) is 3.19.